The second-order valence-corrected chi connectivity index (χ2v) is 8.02. The number of rotatable bonds is 12. The van der Waals surface area contributed by atoms with E-state index in [0.29, 0.717) is 13.0 Å². The minimum absolute atomic E-state index is 0.0790. The third-order valence-corrected chi connectivity index (χ3v) is 5.63. The van der Waals surface area contributed by atoms with Crippen molar-refractivity contribution in [2.75, 3.05) is 6.54 Å². The standard InChI is InChI=1S/C28H32N2O2/c31-27(19-18-24-13-12-21-29-23-24)30-22-11-3-1-2-10-20-28(32,25-14-6-4-7-15-25)26-16-8-5-9-17-26/h4-9,12-19,21,23,32H,1-3,10-11,20,22H2,(H,30,31). The van der Waals surface area contributed by atoms with Crippen molar-refractivity contribution in [1.82, 2.24) is 10.3 Å². The molecule has 0 radical (unpaired) electrons. The van der Waals surface area contributed by atoms with Crippen LogP contribution in [0, 0.1) is 0 Å². The number of nitrogens with zero attached hydrogens (tertiary/aromatic N) is 1. The molecule has 4 nitrogen and oxygen atoms in total. The molecule has 1 aromatic heterocycles. The molecule has 3 aromatic rings. The second-order valence-electron chi connectivity index (χ2n) is 8.02. The zero-order chi connectivity index (χ0) is 22.5. The van der Waals surface area contributed by atoms with Crippen LogP contribution in [0.1, 0.15) is 55.2 Å². The highest BCUT2D eigenvalue weighted by Crippen LogP contribution is 2.34. The van der Waals surface area contributed by atoms with Gasteiger partial charge in [0, 0.05) is 25.0 Å². The Labute approximate surface area is 191 Å². The quantitative estimate of drug-likeness (QED) is 0.296. The Balaban J connectivity index is 1.36. The molecule has 0 saturated carbocycles. The molecule has 0 unspecified atom stereocenters. The minimum Gasteiger partial charge on any atom is -0.380 e. The summed E-state index contributed by atoms with van der Waals surface area (Å²) in [6, 6.07) is 23.6. The molecule has 2 N–H and O–H groups in total. The molecule has 0 aliphatic rings. The van der Waals surface area contributed by atoms with Gasteiger partial charge in [0.25, 0.3) is 0 Å². The molecule has 0 aliphatic carbocycles. The van der Waals surface area contributed by atoms with Crippen LogP contribution in [-0.2, 0) is 10.4 Å². The summed E-state index contributed by atoms with van der Waals surface area (Å²) in [5.41, 5.74) is 1.83. The zero-order valence-corrected chi connectivity index (χ0v) is 18.5. The van der Waals surface area contributed by atoms with Crippen molar-refractivity contribution >= 4 is 12.0 Å². The Morgan fingerprint density at radius 1 is 0.844 bits per heavy atom. The lowest BCUT2D eigenvalue weighted by molar-refractivity contribution is -0.116. The Morgan fingerprint density at radius 2 is 1.47 bits per heavy atom. The molecule has 32 heavy (non-hydrogen) atoms. The number of aliphatic hydroxyl groups is 1. The molecule has 1 amide bonds. The van der Waals surface area contributed by atoms with Gasteiger partial charge in [0.15, 0.2) is 0 Å². The fourth-order valence-corrected chi connectivity index (χ4v) is 3.84. The highest BCUT2D eigenvalue weighted by molar-refractivity contribution is 5.91. The molecule has 0 fully saturated rings. The van der Waals surface area contributed by atoms with E-state index in [0.717, 1.165) is 48.8 Å². The first-order valence-electron chi connectivity index (χ1n) is 11.4. The first-order valence-corrected chi connectivity index (χ1v) is 11.4. The summed E-state index contributed by atoms with van der Waals surface area (Å²) in [4.78, 5) is 15.9. The van der Waals surface area contributed by atoms with Crippen LogP contribution in [0.25, 0.3) is 6.08 Å². The summed E-state index contributed by atoms with van der Waals surface area (Å²) in [5.74, 6) is -0.0790. The number of pyridine rings is 1. The lowest BCUT2D eigenvalue weighted by Gasteiger charge is -2.29. The summed E-state index contributed by atoms with van der Waals surface area (Å²) in [6.45, 7) is 0.675. The normalized spacial score (nSPS) is 11.5. The van der Waals surface area contributed by atoms with Crippen molar-refractivity contribution in [3.63, 3.8) is 0 Å². The molecule has 0 spiro atoms. The van der Waals surface area contributed by atoms with Crippen LogP contribution in [0.5, 0.6) is 0 Å². The Morgan fingerprint density at radius 3 is 2.09 bits per heavy atom. The average Bonchev–Trinajstić information content (AvgIpc) is 2.86. The van der Waals surface area contributed by atoms with Gasteiger partial charge in [-0.2, -0.15) is 0 Å². The van der Waals surface area contributed by atoms with Crippen LogP contribution in [0.2, 0.25) is 0 Å². The van der Waals surface area contributed by atoms with E-state index < -0.39 is 5.60 Å². The van der Waals surface area contributed by atoms with Gasteiger partial charge in [-0.05, 0) is 48.1 Å². The van der Waals surface area contributed by atoms with E-state index >= 15 is 0 Å². The first-order chi connectivity index (χ1) is 15.7. The zero-order valence-electron chi connectivity index (χ0n) is 18.5. The van der Waals surface area contributed by atoms with Gasteiger partial charge in [0.05, 0.1) is 0 Å². The highest BCUT2D eigenvalue weighted by Gasteiger charge is 2.30. The van der Waals surface area contributed by atoms with Crippen LogP contribution >= 0.6 is 0 Å². The van der Waals surface area contributed by atoms with Gasteiger partial charge in [0.2, 0.25) is 5.91 Å². The molecular formula is C28H32N2O2. The second kappa shape index (κ2) is 12.6. The van der Waals surface area contributed by atoms with Crippen LogP contribution in [0.3, 0.4) is 0 Å². The molecule has 0 saturated heterocycles. The molecule has 0 bridgehead atoms. The van der Waals surface area contributed by atoms with Crippen LogP contribution in [0.15, 0.2) is 91.3 Å². The molecule has 0 aliphatic heterocycles. The molecule has 4 heteroatoms. The lowest BCUT2D eigenvalue weighted by atomic mass is 9.82. The minimum atomic E-state index is -0.961. The molecule has 3 rings (SSSR count). The van der Waals surface area contributed by atoms with Crippen molar-refractivity contribution in [1.29, 1.82) is 0 Å². The highest BCUT2D eigenvalue weighted by atomic mass is 16.3. The van der Waals surface area contributed by atoms with Crippen LogP contribution < -0.4 is 5.32 Å². The molecule has 2 aromatic carbocycles. The number of unbranched alkanes of at least 4 members (excludes halogenated alkanes) is 4. The molecular weight excluding hydrogens is 396 g/mol. The number of hydrogen-bond acceptors (Lipinski definition) is 3. The summed E-state index contributed by atoms with van der Waals surface area (Å²) < 4.78 is 0. The maximum Gasteiger partial charge on any atom is 0.243 e. The third-order valence-electron chi connectivity index (χ3n) is 5.63. The van der Waals surface area contributed by atoms with Gasteiger partial charge >= 0.3 is 0 Å². The number of carbonyl (C=O) groups excluding carboxylic acids is 1. The van der Waals surface area contributed by atoms with Gasteiger partial charge in [-0.1, -0.05) is 86.0 Å². The van der Waals surface area contributed by atoms with Gasteiger partial charge in [-0.3, -0.25) is 9.78 Å². The summed E-state index contributed by atoms with van der Waals surface area (Å²) in [5, 5.41) is 14.5. The Bertz CT molecular complexity index is 917. The molecule has 1 heterocycles. The summed E-state index contributed by atoms with van der Waals surface area (Å²) in [7, 11) is 0. The van der Waals surface area contributed by atoms with Gasteiger partial charge in [-0.25, -0.2) is 0 Å². The Kier molecular flexibility index (Phi) is 9.20. The predicted octanol–water partition coefficient (Wildman–Crippen LogP) is 5.49. The monoisotopic (exact) mass is 428 g/mol. The van der Waals surface area contributed by atoms with Crippen molar-refractivity contribution in [3.8, 4) is 0 Å². The average molecular weight is 429 g/mol. The van der Waals surface area contributed by atoms with E-state index in [9.17, 15) is 9.90 Å². The maximum atomic E-state index is 11.9. The SMILES string of the molecule is O=C(C=Cc1cccnc1)NCCCCCCCC(O)(c1ccccc1)c1ccccc1. The number of aromatic nitrogens is 1. The fourth-order valence-electron chi connectivity index (χ4n) is 3.84. The van der Waals surface area contributed by atoms with Crippen LogP contribution in [-0.4, -0.2) is 22.5 Å². The van der Waals surface area contributed by atoms with Crippen molar-refractivity contribution < 1.29 is 9.90 Å². The summed E-state index contributed by atoms with van der Waals surface area (Å²) in [6.07, 6.45) is 12.5. The lowest BCUT2D eigenvalue weighted by Crippen LogP contribution is -2.27. The van der Waals surface area contributed by atoms with E-state index in [4.69, 9.17) is 0 Å². The van der Waals surface area contributed by atoms with Crippen molar-refractivity contribution in [3.05, 3.63) is 108 Å². The molecule has 0 atom stereocenters. The number of hydrogen-bond donors (Lipinski definition) is 2. The van der Waals surface area contributed by atoms with E-state index in [1.54, 1.807) is 24.5 Å². The largest absolute Gasteiger partial charge is 0.380 e. The van der Waals surface area contributed by atoms with E-state index in [2.05, 4.69) is 10.3 Å². The fraction of sp³-hybridized carbons (Fsp3) is 0.286. The van der Waals surface area contributed by atoms with Gasteiger partial charge in [0.1, 0.15) is 5.60 Å². The van der Waals surface area contributed by atoms with Crippen LogP contribution in [0.4, 0.5) is 0 Å². The number of carbonyl (C=O) groups is 1. The predicted molar refractivity (Wildman–Crippen MR) is 130 cm³/mol. The van der Waals surface area contributed by atoms with E-state index in [-0.39, 0.29) is 5.91 Å². The van der Waals surface area contributed by atoms with Gasteiger partial charge < -0.3 is 10.4 Å². The molecule has 166 valence electrons. The third kappa shape index (κ3) is 7.17. The number of amides is 1. The maximum absolute atomic E-state index is 11.9. The topological polar surface area (TPSA) is 62.2 Å². The van der Waals surface area contributed by atoms with E-state index in [1.165, 1.54) is 0 Å². The summed E-state index contributed by atoms with van der Waals surface area (Å²) >= 11 is 0. The number of nitrogens with one attached hydrogen (secondary N) is 1. The Hall–Kier alpha value is -3.24. The number of benzene rings is 2. The van der Waals surface area contributed by atoms with Crippen molar-refractivity contribution in [2.45, 2.75) is 44.1 Å². The van der Waals surface area contributed by atoms with Gasteiger partial charge in [-0.15, -0.1) is 0 Å². The first kappa shape index (κ1) is 23.4. The smallest absolute Gasteiger partial charge is 0.243 e. The van der Waals surface area contributed by atoms with Crippen molar-refractivity contribution in [2.24, 2.45) is 0 Å². The van der Waals surface area contributed by atoms with E-state index in [1.807, 2.05) is 72.8 Å².